The van der Waals surface area contributed by atoms with E-state index in [2.05, 4.69) is 158 Å². The minimum atomic E-state index is 0.580. The Hall–Kier alpha value is -7.17. The van der Waals surface area contributed by atoms with Gasteiger partial charge in [0.15, 0.2) is 17.5 Å². The minimum absolute atomic E-state index is 0.580. The third-order valence-corrected chi connectivity index (χ3v) is 9.93. The molecular weight excluding hydrogens is 647 g/mol. The standard InChI is InChI=1S/C49H31N3O/c1-4-13-32(14-5-1)36-25-23-33-24-26-37(30-39(33)29-36)47-50-48(52-49(51-47)42-20-11-10-19-40(42)34-15-6-2-7-16-34)38-27-28-43-45(31-38)53-44-22-12-21-41(46(43)44)35-17-8-3-9-18-35/h1-31H. The molecule has 2 aromatic heterocycles. The normalized spacial score (nSPS) is 11.4. The highest BCUT2D eigenvalue weighted by Gasteiger charge is 2.18. The third kappa shape index (κ3) is 5.63. The van der Waals surface area contributed by atoms with Crippen LogP contribution < -0.4 is 0 Å². The molecule has 0 unspecified atom stereocenters. The second-order valence-corrected chi connectivity index (χ2v) is 13.2. The summed E-state index contributed by atoms with van der Waals surface area (Å²) in [6.07, 6.45) is 0. The number of hydrogen-bond acceptors (Lipinski definition) is 4. The molecule has 0 saturated carbocycles. The molecule has 10 rings (SSSR count). The van der Waals surface area contributed by atoms with Crippen LogP contribution in [0.5, 0.6) is 0 Å². The first-order valence-corrected chi connectivity index (χ1v) is 17.8. The van der Waals surface area contributed by atoms with Crippen molar-refractivity contribution in [3.63, 3.8) is 0 Å². The lowest BCUT2D eigenvalue weighted by Gasteiger charge is -2.12. The van der Waals surface area contributed by atoms with Gasteiger partial charge in [-0.1, -0.05) is 158 Å². The zero-order valence-electron chi connectivity index (χ0n) is 28.6. The van der Waals surface area contributed by atoms with Crippen molar-refractivity contribution in [2.75, 3.05) is 0 Å². The summed E-state index contributed by atoms with van der Waals surface area (Å²) in [6.45, 7) is 0. The summed E-state index contributed by atoms with van der Waals surface area (Å²) in [4.78, 5) is 15.5. The maximum Gasteiger partial charge on any atom is 0.164 e. The van der Waals surface area contributed by atoms with Crippen LogP contribution in [0.1, 0.15) is 0 Å². The van der Waals surface area contributed by atoms with Gasteiger partial charge in [-0.15, -0.1) is 0 Å². The van der Waals surface area contributed by atoms with Crippen molar-refractivity contribution < 1.29 is 4.42 Å². The molecule has 4 nitrogen and oxygen atoms in total. The van der Waals surface area contributed by atoms with Gasteiger partial charge in [0.25, 0.3) is 0 Å². The fourth-order valence-corrected chi connectivity index (χ4v) is 7.32. The Morgan fingerprint density at radius 2 is 0.830 bits per heavy atom. The van der Waals surface area contributed by atoms with E-state index >= 15 is 0 Å². The number of furan rings is 1. The molecule has 0 saturated heterocycles. The molecule has 0 atom stereocenters. The molecule has 0 amide bonds. The molecule has 8 aromatic carbocycles. The Kier molecular flexibility index (Phi) is 7.43. The summed E-state index contributed by atoms with van der Waals surface area (Å²) in [7, 11) is 0. The molecule has 248 valence electrons. The number of aromatic nitrogens is 3. The van der Waals surface area contributed by atoms with E-state index in [9.17, 15) is 0 Å². The molecule has 10 aromatic rings. The Labute approximate surface area is 306 Å². The Balaban J connectivity index is 1.16. The largest absolute Gasteiger partial charge is 0.456 e. The van der Waals surface area contributed by atoms with Gasteiger partial charge in [-0.2, -0.15) is 0 Å². The van der Waals surface area contributed by atoms with Gasteiger partial charge < -0.3 is 4.42 Å². The summed E-state index contributed by atoms with van der Waals surface area (Å²) in [6, 6.07) is 65.1. The molecular formula is C49H31N3O. The number of fused-ring (bicyclic) bond motifs is 4. The molecule has 0 aliphatic heterocycles. The summed E-state index contributed by atoms with van der Waals surface area (Å²) >= 11 is 0. The van der Waals surface area contributed by atoms with E-state index in [1.165, 1.54) is 11.1 Å². The van der Waals surface area contributed by atoms with Gasteiger partial charge in [-0.25, -0.2) is 15.0 Å². The van der Waals surface area contributed by atoms with Gasteiger partial charge in [0.05, 0.1) is 0 Å². The SMILES string of the molecule is c1ccc(-c2ccc3ccc(-c4nc(-c5ccc6c(c5)oc5cccc(-c7ccccc7)c56)nc(-c5ccccc5-c5ccccc5)n4)cc3c2)cc1. The molecule has 0 fully saturated rings. The van der Waals surface area contributed by atoms with Crippen LogP contribution in [0.15, 0.2) is 192 Å². The van der Waals surface area contributed by atoms with Crippen molar-refractivity contribution in [1.29, 1.82) is 0 Å². The lowest BCUT2D eigenvalue weighted by Crippen LogP contribution is -2.01. The zero-order valence-corrected chi connectivity index (χ0v) is 28.6. The van der Waals surface area contributed by atoms with Crippen molar-refractivity contribution in [2.45, 2.75) is 0 Å². The highest BCUT2D eigenvalue weighted by molar-refractivity contribution is 6.13. The first-order valence-electron chi connectivity index (χ1n) is 17.8. The van der Waals surface area contributed by atoms with E-state index in [4.69, 9.17) is 19.4 Å². The highest BCUT2D eigenvalue weighted by Crippen LogP contribution is 2.39. The van der Waals surface area contributed by atoms with Gasteiger partial charge in [0.1, 0.15) is 11.2 Å². The summed E-state index contributed by atoms with van der Waals surface area (Å²) in [5, 5.41) is 4.42. The Morgan fingerprint density at radius 3 is 1.55 bits per heavy atom. The predicted molar refractivity (Wildman–Crippen MR) is 217 cm³/mol. The fraction of sp³-hybridized carbons (Fsp3) is 0. The fourth-order valence-electron chi connectivity index (χ4n) is 7.32. The van der Waals surface area contributed by atoms with Gasteiger partial charge in [-0.3, -0.25) is 0 Å². The Bertz CT molecular complexity index is 2940. The first kappa shape index (κ1) is 30.6. The number of nitrogens with zero attached hydrogens (tertiary/aromatic N) is 3. The molecule has 0 bridgehead atoms. The monoisotopic (exact) mass is 677 g/mol. The lowest BCUT2D eigenvalue weighted by atomic mass is 9.98. The number of rotatable bonds is 6. The average molecular weight is 678 g/mol. The summed E-state index contributed by atoms with van der Waals surface area (Å²) in [5.74, 6) is 1.80. The van der Waals surface area contributed by atoms with Crippen LogP contribution >= 0.6 is 0 Å². The first-order chi connectivity index (χ1) is 26.2. The van der Waals surface area contributed by atoms with Gasteiger partial charge in [0, 0.05) is 27.5 Å². The van der Waals surface area contributed by atoms with Crippen molar-refractivity contribution in [3.05, 3.63) is 188 Å². The number of benzene rings is 8. The van der Waals surface area contributed by atoms with Crippen LogP contribution in [0.4, 0.5) is 0 Å². The van der Waals surface area contributed by atoms with E-state index < -0.39 is 0 Å². The summed E-state index contributed by atoms with van der Waals surface area (Å²) < 4.78 is 6.51. The zero-order chi connectivity index (χ0) is 35.1. The van der Waals surface area contributed by atoms with E-state index in [1.54, 1.807) is 0 Å². The Morgan fingerprint density at radius 1 is 0.302 bits per heavy atom. The van der Waals surface area contributed by atoms with Crippen LogP contribution in [0.25, 0.3) is 100 Å². The van der Waals surface area contributed by atoms with Crippen LogP contribution in [-0.2, 0) is 0 Å². The molecule has 53 heavy (non-hydrogen) atoms. The molecule has 4 heteroatoms. The highest BCUT2D eigenvalue weighted by atomic mass is 16.3. The maximum absolute atomic E-state index is 6.51. The van der Waals surface area contributed by atoms with Crippen LogP contribution in [0, 0.1) is 0 Å². The smallest absolute Gasteiger partial charge is 0.164 e. The van der Waals surface area contributed by atoms with Crippen LogP contribution in [-0.4, -0.2) is 15.0 Å². The quantitative estimate of drug-likeness (QED) is 0.176. The maximum atomic E-state index is 6.51. The topological polar surface area (TPSA) is 51.8 Å². The van der Waals surface area contributed by atoms with Crippen molar-refractivity contribution in [1.82, 2.24) is 15.0 Å². The molecule has 0 aliphatic carbocycles. The average Bonchev–Trinajstić information content (AvgIpc) is 3.62. The minimum Gasteiger partial charge on any atom is -0.456 e. The summed E-state index contributed by atoms with van der Waals surface area (Å²) in [5.41, 5.74) is 11.1. The molecule has 0 aliphatic rings. The number of hydrogen-bond donors (Lipinski definition) is 0. The predicted octanol–water partition coefficient (Wildman–Crippen LogP) is 12.9. The molecule has 0 N–H and O–H groups in total. The van der Waals surface area contributed by atoms with Gasteiger partial charge >= 0.3 is 0 Å². The molecule has 0 radical (unpaired) electrons. The molecule has 2 heterocycles. The lowest BCUT2D eigenvalue weighted by molar-refractivity contribution is 0.669. The second kappa shape index (κ2) is 12.9. The second-order valence-electron chi connectivity index (χ2n) is 13.2. The van der Waals surface area contributed by atoms with Crippen LogP contribution in [0.2, 0.25) is 0 Å². The van der Waals surface area contributed by atoms with E-state index in [1.807, 2.05) is 30.3 Å². The van der Waals surface area contributed by atoms with Crippen molar-refractivity contribution in [3.8, 4) is 67.5 Å². The molecule has 0 spiro atoms. The van der Waals surface area contributed by atoms with Crippen LogP contribution in [0.3, 0.4) is 0 Å². The van der Waals surface area contributed by atoms with Gasteiger partial charge in [0.2, 0.25) is 0 Å². The van der Waals surface area contributed by atoms with E-state index in [0.29, 0.717) is 17.5 Å². The van der Waals surface area contributed by atoms with E-state index in [0.717, 1.165) is 71.7 Å². The van der Waals surface area contributed by atoms with Crippen molar-refractivity contribution in [2.24, 2.45) is 0 Å². The van der Waals surface area contributed by atoms with Crippen molar-refractivity contribution >= 4 is 32.7 Å². The van der Waals surface area contributed by atoms with E-state index in [-0.39, 0.29) is 0 Å². The third-order valence-electron chi connectivity index (χ3n) is 9.93. The van der Waals surface area contributed by atoms with Gasteiger partial charge in [-0.05, 0) is 74.5 Å².